The summed E-state index contributed by atoms with van der Waals surface area (Å²) in [5.74, 6) is 1.53. The van der Waals surface area contributed by atoms with Gasteiger partial charge in [-0.1, -0.05) is 37.6 Å². The van der Waals surface area contributed by atoms with Crippen molar-refractivity contribution in [2.45, 2.75) is 33.6 Å². The van der Waals surface area contributed by atoms with Gasteiger partial charge in [0.25, 0.3) is 0 Å². The topological polar surface area (TPSA) is 51.8 Å². The van der Waals surface area contributed by atoms with Crippen molar-refractivity contribution < 1.29 is 0 Å². The number of hydrogen-bond donors (Lipinski definition) is 1. The summed E-state index contributed by atoms with van der Waals surface area (Å²) in [6, 6.07) is 5.93. The summed E-state index contributed by atoms with van der Waals surface area (Å²) in [6.07, 6.45) is 0. The summed E-state index contributed by atoms with van der Waals surface area (Å²) in [5, 5.41) is 0.736. The standard InChI is InChI=1S/C15H18ClN3/c1-8(2)15-18-13(10(4)14(17)19-15)11-6-5-9(3)12(16)7-11/h5-8H,1-4H3,(H2,17,18,19). The summed E-state index contributed by atoms with van der Waals surface area (Å²) >= 11 is 6.18. The van der Waals surface area contributed by atoms with Crippen LogP contribution in [0.5, 0.6) is 0 Å². The molecule has 0 bridgehead atoms. The number of nitrogen functional groups attached to an aromatic ring is 1. The molecule has 0 fully saturated rings. The highest BCUT2D eigenvalue weighted by Crippen LogP contribution is 2.29. The Morgan fingerprint density at radius 3 is 2.42 bits per heavy atom. The molecule has 19 heavy (non-hydrogen) atoms. The molecule has 3 nitrogen and oxygen atoms in total. The lowest BCUT2D eigenvalue weighted by Crippen LogP contribution is -2.06. The monoisotopic (exact) mass is 275 g/mol. The van der Waals surface area contributed by atoms with Crippen molar-refractivity contribution in [3.05, 3.63) is 40.2 Å². The third kappa shape index (κ3) is 2.71. The Hall–Kier alpha value is -1.61. The van der Waals surface area contributed by atoms with Crippen molar-refractivity contribution in [3.63, 3.8) is 0 Å². The van der Waals surface area contributed by atoms with Gasteiger partial charge < -0.3 is 5.73 Å². The second-order valence-corrected chi connectivity index (χ2v) is 5.47. The molecule has 1 aromatic heterocycles. The fraction of sp³-hybridized carbons (Fsp3) is 0.333. The first-order valence-corrected chi connectivity index (χ1v) is 6.68. The van der Waals surface area contributed by atoms with E-state index in [2.05, 4.69) is 23.8 Å². The first-order valence-electron chi connectivity index (χ1n) is 6.30. The van der Waals surface area contributed by atoms with Gasteiger partial charge in [-0.3, -0.25) is 0 Å². The Bertz CT molecular complexity index is 621. The molecule has 0 spiro atoms. The van der Waals surface area contributed by atoms with Crippen molar-refractivity contribution in [1.82, 2.24) is 9.97 Å². The van der Waals surface area contributed by atoms with Gasteiger partial charge in [-0.25, -0.2) is 9.97 Å². The highest BCUT2D eigenvalue weighted by Gasteiger charge is 2.13. The minimum absolute atomic E-state index is 0.238. The van der Waals surface area contributed by atoms with Crippen molar-refractivity contribution in [3.8, 4) is 11.3 Å². The van der Waals surface area contributed by atoms with E-state index in [4.69, 9.17) is 17.3 Å². The number of benzene rings is 1. The first kappa shape index (κ1) is 13.8. The van der Waals surface area contributed by atoms with E-state index in [1.165, 1.54) is 0 Å². The average Bonchev–Trinajstić information content (AvgIpc) is 2.35. The molecule has 2 N–H and O–H groups in total. The summed E-state index contributed by atoms with van der Waals surface area (Å²) in [7, 11) is 0. The van der Waals surface area contributed by atoms with E-state index >= 15 is 0 Å². The molecule has 1 aromatic carbocycles. The molecule has 0 saturated heterocycles. The van der Waals surface area contributed by atoms with Gasteiger partial charge >= 0.3 is 0 Å². The van der Waals surface area contributed by atoms with Crippen LogP contribution in [-0.4, -0.2) is 9.97 Å². The first-order chi connectivity index (χ1) is 8.90. The highest BCUT2D eigenvalue weighted by atomic mass is 35.5. The minimum Gasteiger partial charge on any atom is -0.383 e. The van der Waals surface area contributed by atoms with Gasteiger partial charge in [0.1, 0.15) is 11.6 Å². The van der Waals surface area contributed by atoms with Crippen molar-refractivity contribution in [1.29, 1.82) is 0 Å². The lowest BCUT2D eigenvalue weighted by Gasteiger charge is -2.12. The Balaban J connectivity index is 2.63. The Kier molecular flexibility index (Phi) is 3.76. The van der Waals surface area contributed by atoms with Crippen LogP contribution in [0.2, 0.25) is 5.02 Å². The zero-order valence-electron chi connectivity index (χ0n) is 11.7. The number of nitrogens with zero attached hydrogens (tertiary/aromatic N) is 2. The van der Waals surface area contributed by atoms with Crippen LogP contribution in [0.4, 0.5) is 5.82 Å². The van der Waals surface area contributed by atoms with Crippen LogP contribution in [0.1, 0.15) is 36.7 Å². The molecule has 0 aliphatic carbocycles. The van der Waals surface area contributed by atoms with E-state index in [0.29, 0.717) is 5.82 Å². The van der Waals surface area contributed by atoms with E-state index < -0.39 is 0 Å². The average molecular weight is 276 g/mol. The Morgan fingerprint density at radius 2 is 1.84 bits per heavy atom. The van der Waals surface area contributed by atoms with Gasteiger partial charge in [0.05, 0.1) is 5.69 Å². The summed E-state index contributed by atoms with van der Waals surface area (Å²) in [5.41, 5.74) is 9.76. The zero-order chi connectivity index (χ0) is 14.2. The molecular formula is C15H18ClN3. The van der Waals surface area contributed by atoms with Gasteiger partial charge in [0, 0.05) is 22.1 Å². The third-order valence-electron chi connectivity index (χ3n) is 3.16. The maximum Gasteiger partial charge on any atom is 0.133 e. The van der Waals surface area contributed by atoms with Gasteiger partial charge in [0.2, 0.25) is 0 Å². The number of aryl methyl sites for hydroxylation is 1. The van der Waals surface area contributed by atoms with Gasteiger partial charge in [-0.15, -0.1) is 0 Å². The van der Waals surface area contributed by atoms with Gasteiger partial charge in [-0.05, 0) is 25.5 Å². The number of halogens is 1. The largest absolute Gasteiger partial charge is 0.383 e. The number of anilines is 1. The third-order valence-corrected chi connectivity index (χ3v) is 3.57. The lowest BCUT2D eigenvalue weighted by molar-refractivity contribution is 0.776. The smallest absolute Gasteiger partial charge is 0.133 e. The van der Waals surface area contributed by atoms with E-state index in [9.17, 15) is 0 Å². The summed E-state index contributed by atoms with van der Waals surface area (Å²) < 4.78 is 0. The normalized spacial score (nSPS) is 11.1. The van der Waals surface area contributed by atoms with Crippen LogP contribution in [0.3, 0.4) is 0 Å². The fourth-order valence-electron chi connectivity index (χ4n) is 1.83. The number of rotatable bonds is 2. The quantitative estimate of drug-likeness (QED) is 0.897. The van der Waals surface area contributed by atoms with Crippen LogP contribution in [0.15, 0.2) is 18.2 Å². The number of nitrogens with two attached hydrogens (primary N) is 1. The Labute approximate surface area is 118 Å². The number of hydrogen-bond acceptors (Lipinski definition) is 3. The van der Waals surface area contributed by atoms with Crippen LogP contribution >= 0.6 is 11.6 Å². The molecule has 0 saturated carbocycles. The second-order valence-electron chi connectivity index (χ2n) is 5.06. The van der Waals surface area contributed by atoms with Gasteiger partial charge in [0.15, 0.2) is 0 Å². The van der Waals surface area contributed by atoms with E-state index in [1.54, 1.807) is 0 Å². The van der Waals surface area contributed by atoms with E-state index in [0.717, 1.165) is 33.2 Å². The molecule has 2 aromatic rings. The number of aromatic nitrogens is 2. The lowest BCUT2D eigenvalue weighted by atomic mass is 10.0. The van der Waals surface area contributed by atoms with E-state index in [-0.39, 0.29) is 5.92 Å². The van der Waals surface area contributed by atoms with Crippen molar-refractivity contribution >= 4 is 17.4 Å². The molecule has 100 valence electrons. The van der Waals surface area contributed by atoms with Crippen LogP contribution in [0, 0.1) is 13.8 Å². The highest BCUT2D eigenvalue weighted by molar-refractivity contribution is 6.31. The molecule has 0 radical (unpaired) electrons. The SMILES string of the molecule is Cc1ccc(-c2nc(C(C)C)nc(N)c2C)cc1Cl. The maximum atomic E-state index is 6.18. The predicted molar refractivity (Wildman–Crippen MR) is 80.5 cm³/mol. The van der Waals surface area contributed by atoms with Crippen LogP contribution < -0.4 is 5.73 Å². The fourth-order valence-corrected chi connectivity index (χ4v) is 2.01. The zero-order valence-corrected chi connectivity index (χ0v) is 12.4. The van der Waals surface area contributed by atoms with Crippen molar-refractivity contribution in [2.75, 3.05) is 5.73 Å². The molecule has 1 heterocycles. The van der Waals surface area contributed by atoms with Crippen molar-refractivity contribution in [2.24, 2.45) is 0 Å². The molecule has 4 heteroatoms. The second kappa shape index (κ2) is 5.17. The minimum atomic E-state index is 0.238. The van der Waals surface area contributed by atoms with Crippen LogP contribution in [-0.2, 0) is 0 Å². The predicted octanol–water partition coefficient (Wildman–Crippen LogP) is 4.12. The molecule has 0 atom stereocenters. The summed E-state index contributed by atoms with van der Waals surface area (Å²) in [4.78, 5) is 8.96. The summed E-state index contributed by atoms with van der Waals surface area (Å²) in [6.45, 7) is 8.02. The maximum absolute atomic E-state index is 6.18. The molecule has 0 aliphatic rings. The molecular weight excluding hydrogens is 258 g/mol. The van der Waals surface area contributed by atoms with Gasteiger partial charge in [-0.2, -0.15) is 0 Å². The molecule has 2 rings (SSSR count). The molecule has 0 unspecified atom stereocenters. The van der Waals surface area contributed by atoms with E-state index in [1.807, 2.05) is 32.0 Å². The molecule has 0 aliphatic heterocycles. The Morgan fingerprint density at radius 1 is 1.16 bits per heavy atom. The van der Waals surface area contributed by atoms with Crippen LogP contribution in [0.25, 0.3) is 11.3 Å². The molecule has 0 amide bonds.